The van der Waals surface area contributed by atoms with Crippen molar-refractivity contribution in [2.24, 2.45) is 0 Å². The summed E-state index contributed by atoms with van der Waals surface area (Å²) in [4.78, 5) is 16.4. The van der Waals surface area contributed by atoms with Crippen LogP contribution in [0.3, 0.4) is 0 Å². The molecule has 1 N–H and O–H groups in total. The molecule has 3 rings (SSSR count). The first-order valence-corrected chi connectivity index (χ1v) is 8.62. The van der Waals surface area contributed by atoms with Crippen LogP contribution in [0.15, 0.2) is 59.1 Å². The maximum absolute atomic E-state index is 12.2. The van der Waals surface area contributed by atoms with Crippen LogP contribution in [0.25, 0.3) is 11.3 Å². The second-order valence-electron chi connectivity index (χ2n) is 5.68. The van der Waals surface area contributed by atoms with Crippen LogP contribution in [-0.2, 0) is 17.6 Å². The lowest BCUT2D eigenvalue weighted by Gasteiger charge is -2.08. The van der Waals surface area contributed by atoms with E-state index in [2.05, 4.69) is 17.2 Å². The SMILES string of the molecule is CCc1ccccc1NC(=O)CCc1ncc(-c2ccc(Cl)cc2)o1. The molecule has 5 heteroatoms. The molecule has 3 aromatic rings. The Morgan fingerprint density at radius 1 is 1.16 bits per heavy atom. The number of halogens is 1. The molecule has 0 spiro atoms. The van der Waals surface area contributed by atoms with Crippen molar-refractivity contribution in [3.8, 4) is 11.3 Å². The zero-order valence-electron chi connectivity index (χ0n) is 14.0. The minimum atomic E-state index is -0.0489. The van der Waals surface area contributed by atoms with Gasteiger partial charge in [-0.25, -0.2) is 4.98 Å². The van der Waals surface area contributed by atoms with E-state index >= 15 is 0 Å². The number of carbonyl (C=O) groups excluding carboxylic acids is 1. The van der Waals surface area contributed by atoms with Crippen molar-refractivity contribution in [2.75, 3.05) is 5.32 Å². The van der Waals surface area contributed by atoms with Crippen LogP contribution in [0.2, 0.25) is 5.02 Å². The second-order valence-corrected chi connectivity index (χ2v) is 6.12. The van der Waals surface area contributed by atoms with E-state index in [4.69, 9.17) is 16.0 Å². The van der Waals surface area contributed by atoms with Crippen LogP contribution < -0.4 is 5.32 Å². The van der Waals surface area contributed by atoms with Gasteiger partial charge in [0.2, 0.25) is 5.91 Å². The molecule has 0 unspecified atom stereocenters. The fourth-order valence-corrected chi connectivity index (χ4v) is 2.68. The molecular formula is C20H19ClN2O2. The number of nitrogens with zero attached hydrogens (tertiary/aromatic N) is 1. The Labute approximate surface area is 151 Å². The van der Waals surface area contributed by atoms with Gasteiger partial charge in [-0.3, -0.25) is 4.79 Å². The summed E-state index contributed by atoms with van der Waals surface area (Å²) < 4.78 is 5.72. The summed E-state index contributed by atoms with van der Waals surface area (Å²) in [5.41, 5.74) is 2.89. The van der Waals surface area contributed by atoms with Gasteiger partial charge in [0, 0.05) is 29.1 Å². The average molecular weight is 355 g/mol. The Bertz CT molecular complexity index is 856. The number of aryl methyl sites for hydroxylation is 2. The van der Waals surface area contributed by atoms with Gasteiger partial charge < -0.3 is 9.73 Å². The number of amides is 1. The lowest BCUT2D eigenvalue weighted by molar-refractivity contribution is -0.116. The van der Waals surface area contributed by atoms with E-state index in [9.17, 15) is 4.79 Å². The molecule has 4 nitrogen and oxygen atoms in total. The molecule has 1 heterocycles. The fraction of sp³-hybridized carbons (Fsp3) is 0.200. The van der Waals surface area contributed by atoms with Crippen molar-refractivity contribution in [1.82, 2.24) is 4.98 Å². The molecule has 1 amide bonds. The van der Waals surface area contributed by atoms with Gasteiger partial charge in [0.05, 0.1) is 6.20 Å². The number of aromatic nitrogens is 1. The monoisotopic (exact) mass is 354 g/mol. The van der Waals surface area contributed by atoms with E-state index < -0.39 is 0 Å². The van der Waals surface area contributed by atoms with Gasteiger partial charge in [-0.2, -0.15) is 0 Å². The first-order chi connectivity index (χ1) is 12.2. The number of carbonyl (C=O) groups is 1. The minimum Gasteiger partial charge on any atom is -0.441 e. The lowest BCUT2D eigenvalue weighted by atomic mass is 10.1. The highest BCUT2D eigenvalue weighted by molar-refractivity contribution is 6.30. The van der Waals surface area contributed by atoms with E-state index in [0.29, 0.717) is 29.5 Å². The molecule has 128 valence electrons. The molecule has 0 aliphatic carbocycles. The third-order valence-electron chi connectivity index (χ3n) is 3.92. The van der Waals surface area contributed by atoms with Crippen molar-refractivity contribution in [3.05, 3.63) is 71.2 Å². The Morgan fingerprint density at radius 3 is 2.68 bits per heavy atom. The van der Waals surface area contributed by atoms with Gasteiger partial charge in [-0.1, -0.05) is 36.7 Å². The summed E-state index contributed by atoms with van der Waals surface area (Å²) in [5, 5.41) is 3.63. The van der Waals surface area contributed by atoms with Gasteiger partial charge in [0.25, 0.3) is 0 Å². The quantitative estimate of drug-likeness (QED) is 0.667. The first-order valence-electron chi connectivity index (χ1n) is 8.24. The summed E-state index contributed by atoms with van der Waals surface area (Å²) in [6.45, 7) is 2.07. The average Bonchev–Trinajstić information content (AvgIpc) is 3.10. The minimum absolute atomic E-state index is 0.0489. The van der Waals surface area contributed by atoms with Crippen molar-refractivity contribution in [1.29, 1.82) is 0 Å². The van der Waals surface area contributed by atoms with Gasteiger partial charge in [-0.15, -0.1) is 0 Å². The molecule has 0 saturated heterocycles. The largest absolute Gasteiger partial charge is 0.441 e. The van der Waals surface area contributed by atoms with E-state index in [1.54, 1.807) is 18.3 Å². The van der Waals surface area contributed by atoms with Crippen molar-refractivity contribution < 1.29 is 9.21 Å². The number of benzene rings is 2. The van der Waals surface area contributed by atoms with E-state index in [-0.39, 0.29) is 5.91 Å². The number of para-hydroxylation sites is 1. The maximum Gasteiger partial charge on any atom is 0.224 e. The molecule has 0 saturated carbocycles. The Kier molecular flexibility index (Phi) is 5.51. The Balaban J connectivity index is 1.58. The molecule has 0 atom stereocenters. The second kappa shape index (κ2) is 7.99. The summed E-state index contributed by atoms with van der Waals surface area (Å²) in [6.07, 6.45) is 3.32. The Hall–Kier alpha value is -2.59. The van der Waals surface area contributed by atoms with Crippen molar-refractivity contribution in [2.45, 2.75) is 26.2 Å². The molecule has 1 aromatic heterocycles. The molecule has 0 aliphatic rings. The van der Waals surface area contributed by atoms with Crippen LogP contribution in [-0.4, -0.2) is 10.9 Å². The molecule has 0 aliphatic heterocycles. The number of hydrogen-bond acceptors (Lipinski definition) is 3. The van der Waals surface area contributed by atoms with E-state index in [0.717, 1.165) is 23.2 Å². The van der Waals surface area contributed by atoms with E-state index in [1.165, 1.54) is 0 Å². The molecule has 2 aromatic carbocycles. The standard InChI is InChI=1S/C20H19ClN2O2/c1-2-14-5-3-4-6-17(14)23-19(24)11-12-20-22-13-18(25-20)15-7-9-16(21)10-8-15/h3-10,13H,2,11-12H2,1H3,(H,23,24). The third kappa shape index (κ3) is 4.48. The maximum atomic E-state index is 12.2. The number of oxazole rings is 1. The molecule has 0 bridgehead atoms. The molecule has 0 fully saturated rings. The summed E-state index contributed by atoms with van der Waals surface area (Å²) in [6, 6.07) is 15.2. The summed E-state index contributed by atoms with van der Waals surface area (Å²) >= 11 is 5.89. The number of rotatable bonds is 6. The van der Waals surface area contributed by atoms with Crippen LogP contribution >= 0.6 is 11.6 Å². The third-order valence-corrected chi connectivity index (χ3v) is 4.17. The first kappa shape index (κ1) is 17.2. The highest BCUT2D eigenvalue weighted by atomic mass is 35.5. The smallest absolute Gasteiger partial charge is 0.224 e. The number of anilines is 1. The van der Waals surface area contributed by atoms with Gasteiger partial charge in [0.1, 0.15) is 0 Å². The van der Waals surface area contributed by atoms with Crippen LogP contribution in [0.4, 0.5) is 5.69 Å². The van der Waals surface area contributed by atoms with Gasteiger partial charge >= 0.3 is 0 Å². The van der Waals surface area contributed by atoms with Crippen molar-refractivity contribution >= 4 is 23.2 Å². The summed E-state index contributed by atoms with van der Waals surface area (Å²) in [7, 11) is 0. The van der Waals surface area contributed by atoms with Crippen LogP contribution in [0.5, 0.6) is 0 Å². The summed E-state index contributed by atoms with van der Waals surface area (Å²) in [5.74, 6) is 1.17. The van der Waals surface area contributed by atoms with Crippen molar-refractivity contribution in [3.63, 3.8) is 0 Å². The van der Waals surface area contributed by atoms with Gasteiger partial charge in [0.15, 0.2) is 11.7 Å². The lowest BCUT2D eigenvalue weighted by Crippen LogP contribution is -2.13. The fourth-order valence-electron chi connectivity index (χ4n) is 2.56. The predicted octanol–water partition coefficient (Wildman–Crippen LogP) is 5.13. The molecule has 25 heavy (non-hydrogen) atoms. The number of nitrogens with one attached hydrogen (secondary N) is 1. The van der Waals surface area contributed by atoms with Gasteiger partial charge in [-0.05, 0) is 42.3 Å². The van der Waals surface area contributed by atoms with E-state index in [1.807, 2.05) is 36.4 Å². The normalized spacial score (nSPS) is 10.6. The van der Waals surface area contributed by atoms with Crippen LogP contribution in [0, 0.1) is 0 Å². The van der Waals surface area contributed by atoms with Crippen LogP contribution in [0.1, 0.15) is 24.8 Å². The zero-order chi connectivity index (χ0) is 17.6. The number of hydrogen-bond donors (Lipinski definition) is 1. The highest BCUT2D eigenvalue weighted by Gasteiger charge is 2.10. The highest BCUT2D eigenvalue weighted by Crippen LogP contribution is 2.23. The molecule has 0 radical (unpaired) electrons. The molecular weight excluding hydrogens is 336 g/mol. The predicted molar refractivity (Wildman–Crippen MR) is 99.7 cm³/mol. The zero-order valence-corrected chi connectivity index (χ0v) is 14.7. The topological polar surface area (TPSA) is 55.1 Å². The Morgan fingerprint density at radius 2 is 1.92 bits per heavy atom.